The van der Waals surface area contributed by atoms with E-state index in [1.807, 2.05) is 12.1 Å². The SMILES string of the molecule is CCCNCc1ccc(COCCCC(C)C)o1. The average molecular weight is 253 g/mol. The van der Waals surface area contributed by atoms with Gasteiger partial charge in [0.05, 0.1) is 6.54 Å². The van der Waals surface area contributed by atoms with Crippen molar-refractivity contribution in [3.8, 4) is 0 Å². The quantitative estimate of drug-likeness (QED) is 0.645. The van der Waals surface area contributed by atoms with Gasteiger partial charge in [-0.3, -0.25) is 0 Å². The zero-order chi connectivity index (χ0) is 13.2. The number of hydrogen-bond acceptors (Lipinski definition) is 3. The Kier molecular flexibility index (Phi) is 7.78. The topological polar surface area (TPSA) is 34.4 Å². The molecule has 0 fully saturated rings. The van der Waals surface area contributed by atoms with E-state index in [1.54, 1.807) is 0 Å². The van der Waals surface area contributed by atoms with E-state index >= 15 is 0 Å². The number of furan rings is 1. The van der Waals surface area contributed by atoms with Crippen molar-refractivity contribution in [3.05, 3.63) is 23.7 Å². The molecule has 104 valence electrons. The standard InChI is InChI=1S/C15H27NO2/c1-4-9-16-11-14-7-8-15(18-14)12-17-10-5-6-13(2)3/h7-8,13,16H,4-6,9-12H2,1-3H3. The summed E-state index contributed by atoms with van der Waals surface area (Å²) < 4.78 is 11.3. The second-order valence-corrected chi connectivity index (χ2v) is 5.13. The summed E-state index contributed by atoms with van der Waals surface area (Å²) in [5, 5.41) is 3.32. The Bertz CT molecular complexity index is 307. The molecule has 3 heteroatoms. The van der Waals surface area contributed by atoms with E-state index in [-0.39, 0.29) is 0 Å². The molecule has 0 aliphatic carbocycles. The fourth-order valence-corrected chi connectivity index (χ4v) is 1.75. The first-order valence-electron chi connectivity index (χ1n) is 7.08. The van der Waals surface area contributed by atoms with Gasteiger partial charge in [0.15, 0.2) is 0 Å². The normalized spacial score (nSPS) is 11.3. The predicted molar refractivity (Wildman–Crippen MR) is 74.4 cm³/mol. The summed E-state index contributed by atoms with van der Waals surface area (Å²) >= 11 is 0. The molecule has 1 aromatic heterocycles. The van der Waals surface area contributed by atoms with Crippen LogP contribution in [0.3, 0.4) is 0 Å². The molecule has 0 radical (unpaired) electrons. The monoisotopic (exact) mass is 253 g/mol. The van der Waals surface area contributed by atoms with E-state index in [1.165, 1.54) is 6.42 Å². The van der Waals surface area contributed by atoms with Gasteiger partial charge in [-0.25, -0.2) is 0 Å². The molecule has 3 nitrogen and oxygen atoms in total. The minimum Gasteiger partial charge on any atom is -0.462 e. The van der Waals surface area contributed by atoms with Crippen molar-refractivity contribution in [3.63, 3.8) is 0 Å². The van der Waals surface area contributed by atoms with Crippen molar-refractivity contribution >= 4 is 0 Å². The van der Waals surface area contributed by atoms with Crippen LogP contribution >= 0.6 is 0 Å². The molecular weight excluding hydrogens is 226 g/mol. The van der Waals surface area contributed by atoms with Gasteiger partial charge in [0, 0.05) is 6.61 Å². The van der Waals surface area contributed by atoms with Crippen LogP contribution in [0.25, 0.3) is 0 Å². The van der Waals surface area contributed by atoms with Crippen LogP contribution in [0.5, 0.6) is 0 Å². The highest BCUT2D eigenvalue weighted by Crippen LogP contribution is 2.10. The van der Waals surface area contributed by atoms with E-state index < -0.39 is 0 Å². The van der Waals surface area contributed by atoms with Crippen molar-refractivity contribution in [1.82, 2.24) is 5.32 Å². The maximum Gasteiger partial charge on any atom is 0.129 e. The lowest BCUT2D eigenvalue weighted by Gasteiger charge is -2.04. The lowest BCUT2D eigenvalue weighted by Crippen LogP contribution is -2.13. The fraction of sp³-hybridized carbons (Fsp3) is 0.733. The van der Waals surface area contributed by atoms with Gasteiger partial charge in [0.1, 0.15) is 18.1 Å². The summed E-state index contributed by atoms with van der Waals surface area (Å²) in [4.78, 5) is 0. The molecule has 0 aliphatic heterocycles. The molecule has 1 heterocycles. The third-order valence-electron chi connectivity index (χ3n) is 2.76. The number of nitrogens with one attached hydrogen (secondary N) is 1. The molecule has 0 saturated heterocycles. The van der Waals surface area contributed by atoms with Crippen LogP contribution in [0, 0.1) is 5.92 Å². The smallest absolute Gasteiger partial charge is 0.129 e. The first-order valence-corrected chi connectivity index (χ1v) is 7.08. The Morgan fingerprint density at radius 3 is 2.78 bits per heavy atom. The van der Waals surface area contributed by atoms with Crippen LogP contribution in [-0.4, -0.2) is 13.2 Å². The Morgan fingerprint density at radius 2 is 2.06 bits per heavy atom. The van der Waals surface area contributed by atoms with Gasteiger partial charge in [-0.15, -0.1) is 0 Å². The highest BCUT2D eigenvalue weighted by molar-refractivity contribution is 5.06. The van der Waals surface area contributed by atoms with Crippen LogP contribution < -0.4 is 5.32 Å². The van der Waals surface area contributed by atoms with Crippen LogP contribution in [0.15, 0.2) is 16.5 Å². The molecule has 0 spiro atoms. The molecule has 0 unspecified atom stereocenters. The minimum atomic E-state index is 0.589. The number of rotatable bonds is 10. The van der Waals surface area contributed by atoms with Crippen molar-refractivity contribution in [2.24, 2.45) is 5.92 Å². The average Bonchev–Trinajstić information content (AvgIpc) is 2.77. The lowest BCUT2D eigenvalue weighted by atomic mass is 10.1. The number of hydrogen-bond donors (Lipinski definition) is 1. The molecule has 0 bridgehead atoms. The summed E-state index contributed by atoms with van der Waals surface area (Å²) in [5.74, 6) is 2.67. The molecule has 0 atom stereocenters. The Labute approximate surface area is 111 Å². The summed E-state index contributed by atoms with van der Waals surface area (Å²) in [7, 11) is 0. The van der Waals surface area contributed by atoms with Crippen LogP contribution in [0.1, 0.15) is 51.6 Å². The molecule has 18 heavy (non-hydrogen) atoms. The van der Waals surface area contributed by atoms with Crippen LogP contribution in [0.4, 0.5) is 0 Å². The summed E-state index contributed by atoms with van der Waals surface area (Å²) in [5.41, 5.74) is 0. The first kappa shape index (κ1) is 15.3. The largest absolute Gasteiger partial charge is 0.462 e. The van der Waals surface area contributed by atoms with E-state index in [4.69, 9.17) is 9.15 Å². The van der Waals surface area contributed by atoms with Gasteiger partial charge < -0.3 is 14.5 Å². The van der Waals surface area contributed by atoms with E-state index in [0.29, 0.717) is 6.61 Å². The van der Waals surface area contributed by atoms with Gasteiger partial charge in [0.25, 0.3) is 0 Å². The van der Waals surface area contributed by atoms with E-state index in [0.717, 1.165) is 50.0 Å². The van der Waals surface area contributed by atoms with Crippen LogP contribution in [-0.2, 0) is 17.9 Å². The maximum atomic E-state index is 5.67. The second kappa shape index (κ2) is 9.17. The summed E-state index contributed by atoms with van der Waals surface area (Å²) in [6.07, 6.45) is 3.50. The molecule has 1 rings (SSSR count). The lowest BCUT2D eigenvalue weighted by molar-refractivity contribution is 0.0998. The molecule has 0 amide bonds. The summed E-state index contributed by atoms with van der Waals surface area (Å²) in [6, 6.07) is 4.03. The van der Waals surface area contributed by atoms with Gasteiger partial charge in [0.2, 0.25) is 0 Å². The third-order valence-corrected chi connectivity index (χ3v) is 2.76. The zero-order valence-corrected chi connectivity index (χ0v) is 12.0. The third kappa shape index (κ3) is 6.82. The van der Waals surface area contributed by atoms with Crippen molar-refractivity contribution in [2.75, 3.05) is 13.2 Å². The predicted octanol–water partition coefficient (Wildman–Crippen LogP) is 3.73. The van der Waals surface area contributed by atoms with Gasteiger partial charge in [-0.05, 0) is 43.9 Å². The highest BCUT2D eigenvalue weighted by atomic mass is 16.5. The molecule has 1 aromatic rings. The Morgan fingerprint density at radius 1 is 1.28 bits per heavy atom. The zero-order valence-electron chi connectivity index (χ0n) is 12.0. The van der Waals surface area contributed by atoms with Crippen molar-refractivity contribution in [1.29, 1.82) is 0 Å². The molecular formula is C15H27NO2. The number of ether oxygens (including phenoxy) is 1. The fourth-order valence-electron chi connectivity index (χ4n) is 1.75. The maximum absolute atomic E-state index is 5.67. The first-order chi connectivity index (χ1) is 8.72. The van der Waals surface area contributed by atoms with Crippen molar-refractivity contribution in [2.45, 2.75) is 53.2 Å². The molecule has 0 saturated carbocycles. The second-order valence-electron chi connectivity index (χ2n) is 5.13. The highest BCUT2D eigenvalue weighted by Gasteiger charge is 2.02. The Hall–Kier alpha value is -0.800. The van der Waals surface area contributed by atoms with Crippen molar-refractivity contribution < 1.29 is 9.15 Å². The Balaban J connectivity index is 2.11. The molecule has 0 aromatic carbocycles. The van der Waals surface area contributed by atoms with Gasteiger partial charge >= 0.3 is 0 Å². The van der Waals surface area contributed by atoms with E-state index in [9.17, 15) is 0 Å². The van der Waals surface area contributed by atoms with E-state index in [2.05, 4.69) is 26.1 Å². The van der Waals surface area contributed by atoms with Gasteiger partial charge in [-0.2, -0.15) is 0 Å². The summed E-state index contributed by atoms with van der Waals surface area (Å²) in [6.45, 7) is 9.88. The molecule has 0 aliphatic rings. The molecule has 1 N–H and O–H groups in total. The van der Waals surface area contributed by atoms with Crippen LogP contribution in [0.2, 0.25) is 0 Å². The van der Waals surface area contributed by atoms with Gasteiger partial charge in [-0.1, -0.05) is 20.8 Å². The minimum absolute atomic E-state index is 0.589.